The Morgan fingerprint density at radius 3 is 2.38 bits per heavy atom. The zero-order valence-corrected chi connectivity index (χ0v) is 11.6. The van der Waals surface area contributed by atoms with Crippen LogP contribution in [0.4, 0.5) is 0 Å². The van der Waals surface area contributed by atoms with E-state index in [1.54, 1.807) is 0 Å². The van der Waals surface area contributed by atoms with Gasteiger partial charge in [0.2, 0.25) is 17.7 Å². The predicted molar refractivity (Wildman–Crippen MR) is 75.0 cm³/mol. The molecular weight excluding hydrogens is 272 g/mol. The monoisotopic (exact) mass is 290 g/mol. The smallest absolute Gasteiger partial charge is 0.229 e. The number of hydrogen-bond donors (Lipinski definition) is 2. The van der Waals surface area contributed by atoms with Crippen LogP contribution in [0.2, 0.25) is 0 Å². The summed E-state index contributed by atoms with van der Waals surface area (Å²) in [6.45, 7) is -0.117. The lowest BCUT2D eigenvalue weighted by Crippen LogP contribution is -2.36. The fraction of sp³-hybridized carbons (Fsp3) is 0.400. The van der Waals surface area contributed by atoms with Gasteiger partial charge in [-0.05, 0) is 5.56 Å². The molecule has 0 bridgehead atoms. The molecule has 1 aliphatic heterocycles. The lowest BCUT2D eigenvalue weighted by Gasteiger charge is -2.18. The van der Waals surface area contributed by atoms with Crippen molar-refractivity contribution in [1.29, 1.82) is 0 Å². The van der Waals surface area contributed by atoms with Gasteiger partial charge in [0.15, 0.2) is 0 Å². The van der Waals surface area contributed by atoms with Crippen molar-refractivity contribution in [3.05, 3.63) is 35.9 Å². The molecule has 1 aromatic carbocycles. The number of nitrogens with zero attached hydrogens (tertiary/aromatic N) is 1. The molecule has 0 radical (unpaired) electrons. The molecule has 112 valence electrons. The largest absolute Gasteiger partial charge is 0.394 e. The van der Waals surface area contributed by atoms with Gasteiger partial charge in [0.1, 0.15) is 0 Å². The van der Waals surface area contributed by atoms with Crippen molar-refractivity contribution in [2.75, 3.05) is 13.2 Å². The van der Waals surface area contributed by atoms with Gasteiger partial charge in [-0.2, -0.15) is 0 Å². The maximum atomic E-state index is 11.9. The van der Waals surface area contributed by atoms with Gasteiger partial charge in [0, 0.05) is 25.8 Å². The summed E-state index contributed by atoms with van der Waals surface area (Å²) in [6.07, 6.45) is 0.494. The van der Waals surface area contributed by atoms with Crippen LogP contribution >= 0.6 is 0 Å². The third kappa shape index (κ3) is 3.88. The maximum absolute atomic E-state index is 11.9. The van der Waals surface area contributed by atoms with Gasteiger partial charge in [0.05, 0.1) is 12.6 Å². The number of benzene rings is 1. The summed E-state index contributed by atoms with van der Waals surface area (Å²) in [5, 5.41) is 12.1. The highest BCUT2D eigenvalue weighted by Gasteiger charge is 2.29. The van der Waals surface area contributed by atoms with Crippen LogP contribution in [-0.4, -0.2) is 40.9 Å². The van der Waals surface area contributed by atoms with Crippen LogP contribution in [-0.2, 0) is 14.4 Å². The van der Waals surface area contributed by atoms with E-state index in [4.69, 9.17) is 0 Å². The van der Waals surface area contributed by atoms with E-state index in [0.717, 1.165) is 10.5 Å². The molecule has 2 N–H and O–H groups in total. The standard InChI is InChI=1S/C15H18N2O4/c18-10-12(11-4-2-1-3-5-11)16-13(19)8-9-17-14(20)6-7-15(17)21/h1-5,12,18H,6-10H2,(H,16,19)/t12-/m0/s1. The number of aliphatic hydroxyl groups is 1. The van der Waals surface area contributed by atoms with Crippen molar-refractivity contribution >= 4 is 17.7 Å². The van der Waals surface area contributed by atoms with Gasteiger partial charge in [-0.1, -0.05) is 30.3 Å². The first-order valence-corrected chi connectivity index (χ1v) is 6.90. The van der Waals surface area contributed by atoms with E-state index in [-0.39, 0.29) is 50.1 Å². The number of amides is 3. The molecule has 2 rings (SSSR count). The van der Waals surface area contributed by atoms with E-state index in [9.17, 15) is 19.5 Å². The van der Waals surface area contributed by atoms with E-state index >= 15 is 0 Å². The fourth-order valence-electron chi connectivity index (χ4n) is 2.27. The first-order valence-electron chi connectivity index (χ1n) is 6.90. The highest BCUT2D eigenvalue weighted by atomic mass is 16.3. The highest BCUT2D eigenvalue weighted by Crippen LogP contribution is 2.13. The molecule has 0 aromatic heterocycles. The Balaban J connectivity index is 1.86. The van der Waals surface area contributed by atoms with Crippen LogP contribution in [0.5, 0.6) is 0 Å². The molecule has 1 aromatic rings. The summed E-state index contributed by atoms with van der Waals surface area (Å²) in [4.78, 5) is 35.9. The Hall–Kier alpha value is -2.21. The molecule has 6 heteroatoms. The highest BCUT2D eigenvalue weighted by molar-refractivity contribution is 6.02. The lowest BCUT2D eigenvalue weighted by atomic mass is 10.1. The molecule has 0 spiro atoms. The van der Waals surface area contributed by atoms with Crippen molar-refractivity contribution < 1.29 is 19.5 Å². The molecule has 21 heavy (non-hydrogen) atoms. The Bertz CT molecular complexity index is 514. The topological polar surface area (TPSA) is 86.7 Å². The minimum absolute atomic E-state index is 0.0425. The van der Waals surface area contributed by atoms with Crippen LogP contribution in [0, 0.1) is 0 Å². The Morgan fingerprint density at radius 1 is 1.19 bits per heavy atom. The van der Waals surface area contributed by atoms with Crippen molar-refractivity contribution in [2.45, 2.75) is 25.3 Å². The van der Waals surface area contributed by atoms with Crippen molar-refractivity contribution in [1.82, 2.24) is 10.2 Å². The third-order valence-corrected chi connectivity index (χ3v) is 3.44. The molecule has 6 nitrogen and oxygen atoms in total. The summed E-state index contributed by atoms with van der Waals surface area (Å²) in [5.74, 6) is -0.755. The third-order valence-electron chi connectivity index (χ3n) is 3.44. The summed E-state index contributed by atoms with van der Waals surface area (Å²) >= 11 is 0. The predicted octanol–water partition coefficient (Wildman–Crippen LogP) is 0.375. The van der Waals surface area contributed by atoms with Crippen LogP contribution in [0.1, 0.15) is 30.9 Å². The van der Waals surface area contributed by atoms with Crippen LogP contribution in [0.3, 0.4) is 0 Å². The van der Waals surface area contributed by atoms with Gasteiger partial charge >= 0.3 is 0 Å². The first-order chi connectivity index (χ1) is 10.1. The van der Waals surface area contributed by atoms with Crippen molar-refractivity contribution in [2.24, 2.45) is 0 Å². The molecule has 1 heterocycles. The van der Waals surface area contributed by atoms with Gasteiger partial charge < -0.3 is 10.4 Å². The normalized spacial score (nSPS) is 16.1. The Morgan fingerprint density at radius 2 is 1.81 bits per heavy atom. The van der Waals surface area contributed by atoms with Gasteiger partial charge in [-0.15, -0.1) is 0 Å². The quantitative estimate of drug-likeness (QED) is 0.741. The summed E-state index contributed by atoms with van der Waals surface area (Å²) in [5.41, 5.74) is 0.807. The number of rotatable bonds is 6. The second kappa shape index (κ2) is 6.99. The van der Waals surface area contributed by atoms with Gasteiger partial charge in [-0.3, -0.25) is 19.3 Å². The molecule has 0 unspecified atom stereocenters. The molecule has 1 fully saturated rings. The zero-order valence-electron chi connectivity index (χ0n) is 11.6. The molecule has 3 amide bonds. The van der Waals surface area contributed by atoms with Crippen molar-refractivity contribution in [3.8, 4) is 0 Å². The second-order valence-electron chi connectivity index (χ2n) is 4.90. The second-order valence-corrected chi connectivity index (χ2v) is 4.90. The van der Waals surface area contributed by atoms with Crippen molar-refractivity contribution in [3.63, 3.8) is 0 Å². The fourth-order valence-corrected chi connectivity index (χ4v) is 2.27. The minimum atomic E-state index is -0.483. The number of likely N-dealkylation sites (tertiary alicyclic amines) is 1. The number of aliphatic hydroxyl groups excluding tert-OH is 1. The number of hydrogen-bond acceptors (Lipinski definition) is 4. The van der Waals surface area contributed by atoms with Crippen LogP contribution in [0.15, 0.2) is 30.3 Å². The SMILES string of the molecule is O=C(CCN1C(=O)CCC1=O)N[C@@H](CO)c1ccccc1. The number of imide groups is 1. The zero-order chi connectivity index (χ0) is 15.2. The molecular formula is C15H18N2O4. The van der Waals surface area contributed by atoms with Crippen LogP contribution < -0.4 is 5.32 Å². The van der Waals surface area contributed by atoms with E-state index in [1.165, 1.54) is 0 Å². The lowest BCUT2D eigenvalue weighted by molar-refractivity contribution is -0.138. The number of carbonyl (C=O) groups is 3. The summed E-state index contributed by atoms with van der Waals surface area (Å²) in [7, 11) is 0. The van der Waals surface area contributed by atoms with Gasteiger partial charge in [-0.25, -0.2) is 0 Å². The molecule has 0 saturated carbocycles. The van der Waals surface area contributed by atoms with E-state index in [0.29, 0.717) is 0 Å². The van der Waals surface area contributed by atoms with E-state index < -0.39 is 6.04 Å². The molecule has 1 saturated heterocycles. The Labute approximate surface area is 122 Å². The first kappa shape index (κ1) is 15.2. The number of carbonyl (C=O) groups excluding carboxylic acids is 3. The molecule has 0 aliphatic carbocycles. The average molecular weight is 290 g/mol. The molecule has 1 atom stereocenters. The van der Waals surface area contributed by atoms with E-state index in [1.807, 2.05) is 30.3 Å². The van der Waals surface area contributed by atoms with Gasteiger partial charge in [0.25, 0.3) is 0 Å². The minimum Gasteiger partial charge on any atom is -0.394 e. The summed E-state index contributed by atoms with van der Waals surface area (Å²) in [6, 6.07) is 8.65. The van der Waals surface area contributed by atoms with E-state index in [2.05, 4.69) is 5.32 Å². The number of nitrogens with one attached hydrogen (secondary N) is 1. The molecule has 1 aliphatic rings. The van der Waals surface area contributed by atoms with Crippen LogP contribution in [0.25, 0.3) is 0 Å². The maximum Gasteiger partial charge on any atom is 0.229 e. The average Bonchev–Trinajstić information content (AvgIpc) is 2.82. The Kier molecular flexibility index (Phi) is 5.05. The summed E-state index contributed by atoms with van der Waals surface area (Å²) < 4.78 is 0.